The van der Waals surface area contributed by atoms with E-state index in [2.05, 4.69) is 21.7 Å². The van der Waals surface area contributed by atoms with Crippen LogP contribution >= 0.6 is 23.7 Å². The van der Waals surface area contributed by atoms with E-state index in [0.29, 0.717) is 6.54 Å². The van der Waals surface area contributed by atoms with Crippen LogP contribution < -0.4 is 10.6 Å². The Morgan fingerprint density at radius 2 is 2.16 bits per heavy atom. The van der Waals surface area contributed by atoms with Crippen LogP contribution in [0.5, 0.6) is 0 Å². The quantitative estimate of drug-likeness (QED) is 0.726. The Kier molecular flexibility index (Phi) is 5.73. The smallest absolute Gasteiger partial charge is 0.237 e. The molecular formula is C18H20ClN3O2S. The van der Waals surface area contributed by atoms with Gasteiger partial charge in [0.25, 0.3) is 0 Å². The lowest BCUT2D eigenvalue weighted by Gasteiger charge is -2.22. The Balaban J connectivity index is 0.00000182. The van der Waals surface area contributed by atoms with Crippen LogP contribution in [0.4, 0.5) is 0 Å². The third-order valence-electron chi connectivity index (χ3n) is 4.23. The average molecular weight is 378 g/mol. The van der Waals surface area contributed by atoms with Crippen molar-refractivity contribution in [2.24, 2.45) is 0 Å². The number of carbonyl (C=O) groups excluding carboxylic acids is 1. The van der Waals surface area contributed by atoms with Gasteiger partial charge in [0, 0.05) is 0 Å². The first-order valence-electron chi connectivity index (χ1n) is 8.25. The molecule has 3 heterocycles. The van der Waals surface area contributed by atoms with Crippen LogP contribution in [0.15, 0.2) is 40.8 Å². The molecule has 2 aromatic heterocycles. The molecule has 1 fully saturated rings. The van der Waals surface area contributed by atoms with Gasteiger partial charge in [0.15, 0.2) is 10.8 Å². The first-order valence-corrected chi connectivity index (χ1v) is 9.07. The molecule has 1 aliphatic heterocycles. The third-order valence-corrected chi connectivity index (χ3v) is 5.28. The number of thiazole rings is 1. The minimum absolute atomic E-state index is 0. The second-order valence-electron chi connectivity index (χ2n) is 5.97. The van der Waals surface area contributed by atoms with E-state index < -0.39 is 0 Å². The standard InChI is InChI=1S/C18H19N3O2S.ClH/c22-17(14-6-3-4-10-19-14)20-11-12-8-9-15(23-12)18-21-13-5-1-2-7-16(13)24-18;/h1-2,5,7-9,14,19H,3-4,6,10-11H2,(H,20,22);1H. The molecular weight excluding hydrogens is 358 g/mol. The number of fused-ring (bicyclic) bond motifs is 1. The molecule has 3 aromatic rings. The molecule has 132 valence electrons. The van der Waals surface area contributed by atoms with Gasteiger partial charge in [-0.05, 0) is 43.7 Å². The third kappa shape index (κ3) is 4.03. The topological polar surface area (TPSA) is 67.2 Å². The van der Waals surface area contributed by atoms with Gasteiger partial charge in [-0.3, -0.25) is 4.79 Å². The predicted octanol–water partition coefficient (Wildman–Crippen LogP) is 3.74. The highest BCUT2D eigenvalue weighted by Crippen LogP contribution is 2.31. The van der Waals surface area contributed by atoms with Gasteiger partial charge in [0.05, 0.1) is 22.8 Å². The minimum Gasteiger partial charge on any atom is -0.457 e. The zero-order valence-electron chi connectivity index (χ0n) is 13.7. The van der Waals surface area contributed by atoms with E-state index in [1.165, 1.54) is 0 Å². The summed E-state index contributed by atoms with van der Waals surface area (Å²) in [5.41, 5.74) is 0.979. The number of hydrogen-bond donors (Lipinski definition) is 2. The summed E-state index contributed by atoms with van der Waals surface area (Å²) < 4.78 is 6.99. The molecule has 0 aliphatic carbocycles. The highest BCUT2D eigenvalue weighted by molar-refractivity contribution is 7.21. The van der Waals surface area contributed by atoms with E-state index in [1.807, 2.05) is 30.3 Å². The molecule has 1 aliphatic rings. The summed E-state index contributed by atoms with van der Waals surface area (Å²) in [7, 11) is 0. The summed E-state index contributed by atoms with van der Waals surface area (Å²) in [6, 6.07) is 11.8. The number of para-hydroxylation sites is 1. The number of nitrogens with zero attached hydrogens (tertiary/aromatic N) is 1. The maximum absolute atomic E-state index is 12.1. The Bertz CT molecular complexity index is 822. The van der Waals surface area contributed by atoms with Crippen LogP contribution in [0.1, 0.15) is 25.0 Å². The van der Waals surface area contributed by atoms with Crippen molar-refractivity contribution in [2.75, 3.05) is 6.54 Å². The summed E-state index contributed by atoms with van der Waals surface area (Å²) in [6.45, 7) is 1.32. The van der Waals surface area contributed by atoms with Gasteiger partial charge < -0.3 is 15.1 Å². The molecule has 0 bridgehead atoms. The molecule has 4 rings (SSSR count). The molecule has 1 aromatic carbocycles. The Morgan fingerprint density at radius 3 is 2.96 bits per heavy atom. The zero-order chi connectivity index (χ0) is 16.4. The van der Waals surface area contributed by atoms with E-state index in [9.17, 15) is 4.79 Å². The lowest BCUT2D eigenvalue weighted by Crippen LogP contribution is -2.46. The van der Waals surface area contributed by atoms with Crippen molar-refractivity contribution in [1.82, 2.24) is 15.6 Å². The number of halogens is 1. The zero-order valence-corrected chi connectivity index (χ0v) is 15.3. The first kappa shape index (κ1) is 17.9. The van der Waals surface area contributed by atoms with E-state index >= 15 is 0 Å². The number of piperidine rings is 1. The number of furan rings is 1. The molecule has 1 saturated heterocycles. The number of nitrogens with one attached hydrogen (secondary N) is 2. The average Bonchev–Trinajstić information content (AvgIpc) is 3.27. The van der Waals surface area contributed by atoms with Gasteiger partial charge in [-0.2, -0.15) is 0 Å². The van der Waals surface area contributed by atoms with E-state index in [4.69, 9.17) is 4.42 Å². The highest BCUT2D eigenvalue weighted by atomic mass is 35.5. The second-order valence-corrected chi connectivity index (χ2v) is 7.00. The van der Waals surface area contributed by atoms with Crippen LogP contribution in [-0.4, -0.2) is 23.5 Å². The number of carbonyl (C=O) groups is 1. The van der Waals surface area contributed by atoms with Gasteiger partial charge >= 0.3 is 0 Å². The van der Waals surface area contributed by atoms with Crippen molar-refractivity contribution >= 4 is 39.9 Å². The maximum atomic E-state index is 12.1. The summed E-state index contributed by atoms with van der Waals surface area (Å²) in [6.07, 6.45) is 3.15. The molecule has 7 heteroatoms. The number of amides is 1. The van der Waals surface area contributed by atoms with Gasteiger partial charge in [-0.15, -0.1) is 23.7 Å². The SMILES string of the molecule is Cl.O=C(NCc1ccc(-c2nc3ccccc3s2)o1)C1CCCCN1. The minimum atomic E-state index is -0.0718. The Morgan fingerprint density at radius 1 is 1.28 bits per heavy atom. The fraction of sp³-hybridized carbons (Fsp3) is 0.333. The summed E-state index contributed by atoms with van der Waals surface area (Å²) >= 11 is 1.61. The van der Waals surface area contributed by atoms with Crippen LogP contribution in [0.3, 0.4) is 0 Å². The normalized spacial score (nSPS) is 17.2. The van der Waals surface area contributed by atoms with Crippen LogP contribution in [0.25, 0.3) is 21.0 Å². The van der Waals surface area contributed by atoms with Gasteiger partial charge in [-0.25, -0.2) is 4.98 Å². The van der Waals surface area contributed by atoms with Crippen molar-refractivity contribution in [3.8, 4) is 10.8 Å². The first-order chi connectivity index (χ1) is 11.8. The fourth-order valence-corrected chi connectivity index (χ4v) is 3.87. The van der Waals surface area contributed by atoms with Gasteiger partial charge in [0.1, 0.15) is 5.76 Å². The second kappa shape index (κ2) is 7.99. The Hall–Kier alpha value is -1.89. The molecule has 1 unspecified atom stereocenters. The van der Waals surface area contributed by atoms with Crippen LogP contribution in [0, 0.1) is 0 Å². The number of rotatable bonds is 4. The summed E-state index contributed by atoms with van der Waals surface area (Å²) in [4.78, 5) is 16.7. The maximum Gasteiger partial charge on any atom is 0.237 e. The fourth-order valence-electron chi connectivity index (χ4n) is 2.94. The van der Waals surface area contributed by atoms with Crippen molar-refractivity contribution < 1.29 is 9.21 Å². The molecule has 0 spiro atoms. The van der Waals surface area contributed by atoms with Crippen LogP contribution in [-0.2, 0) is 11.3 Å². The molecule has 0 radical (unpaired) electrons. The summed E-state index contributed by atoms with van der Waals surface area (Å²) in [5, 5.41) is 7.06. The van der Waals surface area contributed by atoms with Crippen LogP contribution in [0.2, 0.25) is 0 Å². The monoisotopic (exact) mass is 377 g/mol. The molecule has 1 atom stereocenters. The lowest BCUT2D eigenvalue weighted by molar-refractivity contribution is -0.123. The molecule has 5 nitrogen and oxygen atoms in total. The molecule has 2 N–H and O–H groups in total. The predicted molar refractivity (Wildman–Crippen MR) is 102 cm³/mol. The van der Waals surface area contributed by atoms with Crippen molar-refractivity contribution in [1.29, 1.82) is 0 Å². The molecule has 0 saturated carbocycles. The molecule has 1 amide bonds. The molecule has 25 heavy (non-hydrogen) atoms. The highest BCUT2D eigenvalue weighted by Gasteiger charge is 2.20. The largest absolute Gasteiger partial charge is 0.457 e. The van der Waals surface area contributed by atoms with E-state index in [0.717, 1.165) is 52.6 Å². The van der Waals surface area contributed by atoms with Crippen molar-refractivity contribution in [3.63, 3.8) is 0 Å². The van der Waals surface area contributed by atoms with Crippen molar-refractivity contribution in [3.05, 3.63) is 42.2 Å². The van der Waals surface area contributed by atoms with E-state index in [1.54, 1.807) is 11.3 Å². The number of benzene rings is 1. The number of aromatic nitrogens is 1. The van der Waals surface area contributed by atoms with E-state index in [-0.39, 0.29) is 24.4 Å². The van der Waals surface area contributed by atoms with Gasteiger partial charge in [-0.1, -0.05) is 18.6 Å². The van der Waals surface area contributed by atoms with Crippen molar-refractivity contribution in [2.45, 2.75) is 31.8 Å². The Labute approximate surface area is 156 Å². The van der Waals surface area contributed by atoms with Gasteiger partial charge in [0.2, 0.25) is 5.91 Å². The summed E-state index contributed by atoms with van der Waals surface area (Å²) in [5.74, 6) is 1.54. The lowest BCUT2D eigenvalue weighted by atomic mass is 10.0. The number of hydrogen-bond acceptors (Lipinski definition) is 5.